The summed E-state index contributed by atoms with van der Waals surface area (Å²) in [5.74, 6) is 0.143. The van der Waals surface area contributed by atoms with E-state index in [1.165, 1.54) is 12.1 Å². The summed E-state index contributed by atoms with van der Waals surface area (Å²) in [6.45, 7) is 0.664. The lowest BCUT2D eigenvalue weighted by Crippen LogP contribution is -2.40. The van der Waals surface area contributed by atoms with Crippen molar-refractivity contribution in [2.24, 2.45) is 10.7 Å². The van der Waals surface area contributed by atoms with Crippen LogP contribution in [0.5, 0.6) is 0 Å². The summed E-state index contributed by atoms with van der Waals surface area (Å²) in [5, 5.41) is 13.9. The summed E-state index contributed by atoms with van der Waals surface area (Å²) in [7, 11) is 0. The van der Waals surface area contributed by atoms with Gasteiger partial charge in [0.2, 0.25) is 0 Å². The Bertz CT molecular complexity index is 837. The van der Waals surface area contributed by atoms with Crippen molar-refractivity contribution in [3.05, 3.63) is 75.8 Å². The van der Waals surface area contributed by atoms with E-state index < -0.39 is 16.9 Å². The van der Waals surface area contributed by atoms with E-state index in [-0.39, 0.29) is 24.8 Å². The molecule has 2 aromatic rings. The number of nitrogens with one attached hydrogen (secondary N) is 1. The molecule has 0 aromatic heterocycles. The number of hydrogen-bond acceptors (Lipinski definition) is 7. The number of nitrogens with zero attached hydrogens (tertiary/aromatic N) is 2. The molecule has 0 fully saturated rings. The second-order valence-electron chi connectivity index (χ2n) is 6.23. The molecule has 1 aliphatic heterocycles. The number of rotatable bonds is 7. The molecular weight excluding hydrogens is 348 g/mol. The van der Waals surface area contributed by atoms with E-state index in [9.17, 15) is 14.9 Å². The monoisotopic (exact) mass is 368 g/mol. The van der Waals surface area contributed by atoms with Gasteiger partial charge in [-0.3, -0.25) is 19.9 Å². The van der Waals surface area contributed by atoms with Gasteiger partial charge >= 0.3 is 5.97 Å². The van der Waals surface area contributed by atoms with Crippen LogP contribution in [0.3, 0.4) is 0 Å². The molecule has 8 nitrogen and oxygen atoms in total. The zero-order valence-electron chi connectivity index (χ0n) is 14.6. The molecule has 0 spiro atoms. The van der Waals surface area contributed by atoms with Gasteiger partial charge in [0.1, 0.15) is 12.4 Å². The molecule has 3 rings (SSSR count). The van der Waals surface area contributed by atoms with E-state index in [2.05, 4.69) is 10.3 Å². The van der Waals surface area contributed by atoms with Gasteiger partial charge in [-0.25, -0.2) is 0 Å². The van der Waals surface area contributed by atoms with Gasteiger partial charge in [0.25, 0.3) is 5.69 Å². The van der Waals surface area contributed by atoms with Crippen molar-refractivity contribution >= 4 is 17.5 Å². The first-order valence-electron chi connectivity index (χ1n) is 8.53. The van der Waals surface area contributed by atoms with E-state index in [0.29, 0.717) is 12.4 Å². The largest absolute Gasteiger partial charge is 0.461 e. The highest BCUT2D eigenvalue weighted by Gasteiger charge is 2.25. The zero-order chi connectivity index (χ0) is 19.2. The Balaban J connectivity index is 1.48. The maximum absolute atomic E-state index is 12.0. The molecule has 27 heavy (non-hydrogen) atoms. The number of benzene rings is 2. The number of ether oxygens (including phenoxy) is 1. The third kappa shape index (κ3) is 4.89. The van der Waals surface area contributed by atoms with Crippen LogP contribution in [0.2, 0.25) is 0 Å². The second-order valence-corrected chi connectivity index (χ2v) is 6.23. The van der Waals surface area contributed by atoms with Gasteiger partial charge in [-0.15, -0.1) is 0 Å². The lowest BCUT2D eigenvalue weighted by molar-refractivity contribution is -0.384. The molecule has 0 radical (unpaired) electrons. The smallest absolute Gasteiger partial charge is 0.308 e. The van der Waals surface area contributed by atoms with Crippen molar-refractivity contribution in [3.8, 4) is 0 Å². The number of non-ortho nitro benzene ring substituents is 1. The van der Waals surface area contributed by atoms with Crippen LogP contribution in [0.4, 0.5) is 5.69 Å². The van der Waals surface area contributed by atoms with Crippen LogP contribution in [0.1, 0.15) is 23.6 Å². The van der Waals surface area contributed by atoms with Crippen molar-refractivity contribution in [1.82, 2.24) is 5.32 Å². The number of carbonyl (C=O) groups is 1. The van der Waals surface area contributed by atoms with Crippen LogP contribution in [-0.2, 0) is 16.1 Å². The van der Waals surface area contributed by atoms with Crippen LogP contribution in [0.15, 0.2) is 59.6 Å². The molecule has 1 aliphatic rings. The van der Waals surface area contributed by atoms with E-state index in [1.807, 2.05) is 30.3 Å². The molecular formula is C19H20N4O4. The normalized spacial score (nSPS) is 16.9. The maximum Gasteiger partial charge on any atom is 0.308 e. The second kappa shape index (κ2) is 8.41. The van der Waals surface area contributed by atoms with Crippen molar-refractivity contribution in [2.45, 2.75) is 25.1 Å². The minimum atomic E-state index is -0.587. The molecule has 2 atom stereocenters. The Morgan fingerprint density at radius 2 is 1.96 bits per heavy atom. The van der Waals surface area contributed by atoms with Crippen molar-refractivity contribution < 1.29 is 14.5 Å². The lowest BCUT2D eigenvalue weighted by atomic mass is 10.1. The summed E-state index contributed by atoms with van der Waals surface area (Å²) in [6, 6.07) is 15.0. The van der Waals surface area contributed by atoms with Gasteiger partial charge in [-0.2, -0.15) is 0 Å². The molecule has 3 N–H and O–H groups in total. The number of nitro groups is 1. The minimum absolute atomic E-state index is 0.0195. The van der Waals surface area contributed by atoms with Crippen molar-refractivity contribution in [2.75, 3.05) is 6.54 Å². The van der Waals surface area contributed by atoms with E-state index >= 15 is 0 Å². The first kappa shape index (κ1) is 18.5. The fraction of sp³-hybridized carbons (Fsp3) is 0.263. The van der Waals surface area contributed by atoms with E-state index in [1.54, 1.807) is 12.1 Å². The first-order chi connectivity index (χ1) is 13.0. The predicted octanol–water partition coefficient (Wildman–Crippen LogP) is 2.10. The van der Waals surface area contributed by atoms with Gasteiger partial charge in [0.05, 0.1) is 30.0 Å². The van der Waals surface area contributed by atoms with Crippen molar-refractivity contribution in [3.63, 3.8) is 0 Å². The molecule has 1 heterocycles. The van der Waals surface area contributed by atoms with Gasteiger partial charge in [-0.1, -0.05) is 42.5 Å². The van der Waals surface area contributed by atoms with Gasteiger partial charge in [0.15, 0.2) is 0 Å². The SMILES string of the molecule is N[C@@H](CC(=O)OCc1ccccc1)C1=NCC(c2ccc([N+](=O)[O-])cc2)N1. The number of amidine groups is 1. The topological polar surface area (TPSA) is 120 Å². The Morgan fingerprint density at radius 3 is 2.63 bits per heavy atom. The van der Waals surface area contributed by atoms with Crippen LogP contribution < -0.4 is 11.1 Å². The highest BCUT2D eigenvalue weighted by molar-refractivity contribution is 5.92. The number of nitro benzene ring substituents is 1. The van der Waals surface area contributed by atoms with Crippen LogP contribution in [-0.4, -0.2) is 29.3 Å². The van der Waals surface area contributed by atoms with Gasteiger partial charge < -0.3 is 15.8 Å². The molecule has 0 bridgehead atoms. The minimum Gasteiger partial charge on any atom is -0.461 e. The molecule has 1 unspecified atom stereocenters. The van der Waals surface area contributed by atoms with Crippen molar-refractivity contribution in [1.29, 1.82) is 0 Å². The third-order valence-corrected chi connectivity index (χ3v) is 4.25. The van der Waals surface area contributed by atoms with Crippen LogP contribution >= 0.6 is 0 Å². The average Bonchev–Trinajstić information content (AvgIpc) is 3.18. The molecule has 0 amide bonds. The Hall–Kier alpha value is -3.26. The number of carbonyl (C=O) groups excluding carboxylic acids is 1. The average molecular weight is 368 g/mol. The van der Waals surface area contributed by atoms with E-state index in [0.717, 1.165) is 11.1 Å². The predicted molar refractivity (Wildman–Crippen MR) is 100 cm³/mol. The molecule has 0 aliphatic carbocycles. The Labute approximate surface area is 156 Å². The molecule has 0 saturated heterocycles. The first-order valence-corrected chi connectivity index (χ1v) is 8.53. The Morgan fingerprint density at radius 1 is 1.26 bits per heavy atom. The number of aliphatic imine (C=N–C) groups is 1. The number of nitrogens with two attached hydrogens (primary N) is 1. The maximum atomic E-state index is 12.0. The highest BCUT2D eigenvalue weighted by atomic mass is 16.6. The fourth-order valence-electron chi connectivity index (χ4n) is 2.77. The summed E-state index contributed by atoms with van der Waals surface area (Å²) >= 11 is 0. The highest BCUT2D eigenvalue weighted by Crippen LogP contribution is 2.21. The Kier molecular flexibility index (Phi) is 5.77. The molecule has 0 saturated carbocycles. The summed E-state index contributed by atoms with van der Waals surface area (Å²) in [5.41, 5.74) is 7.89. The summed E-state index contributed by atoms with van der Waals surface area (Å²) in [4.78, 5) is 26.6. The molecule has 140 valence electrons. The molecule has 8 heteroatoms. The lowest BCUT2D eigenvalue weighted by Gasteiger charge is -2.16. The summed E-state index contributed by atoms with van der Waals surface area (Å²) < 4.78 is 5.24. The van der Waals surface area contributed by atoms with Gasteiger partial charge in [0, 0.05) is 12.1 Å². The number of esters is 1. The van der Waals surface area contributed by atoms with Crippen LogP contribution in [0.25, 0.3) is 0 Å². The third-order valence-electron chi connectivity index (χ3n) is 4.25. The van der Waals surface area contributed by atoms with Crippen LogP contribution in [0, 0.1) is 10.1 Å². The quantitative estimate of drug-likeness (QED) is 0.439. The zero-order valence-corrected chi connectivity index (χ0v) is 14.6. The standard InChI is InChI=1S/C19H20N4O4/c20-16(10-18(24)27-12-13-4-2-1-3-5-13)19-21-11-17(22-19)14-6-8-15(9-7-14)23(25)26/h1-9,16-17H,10-12,20H2,(H,21,22)/t16-,17?/m0/s1. The van der Waals surface area contributed by atoms with E-state index in [4.69, 9.17) is 10.5 Å². The molecule has 2 aromatic carbocycles. The summed E-state index contributed by atoms with van der Waals surface area (Å²) in [6.07, 6.45) is 0.0195. The van der Waals surface area contributed by atoms with Gasteiger partial charge in [-0.05, 0) is 11.1 Å². The fourth-order valence-corrected chi connectivity index (χ4v) is 2.77. The number of hydrogen-bond donors (Lipinski definition) is 2.